The van der Waals surface area contributed by atoms with Gasteiger partial charge in [-0.25, -0.2) is 4.79 Å². The van der Waals surface area contributed by atoms with E-state index in [1.54, 1.807) is 31.3 Å². The lowest BCUT2D eigenvalue weighted by Crippen LogP contribution is -2.37. The summed E-state index contributed by atoms with van der Waals surface area (Å²) in [5.41, 5.74) is 4.16. The fourth-order valence-electron chi connectivity index (χ4n) is 5.06. The summed E-state index contributed by atoms with van der Waals surface area (Å²) in [6, 6.07) is 21.6. The Balaban J connectivity index is 1.88. The van der Waals surface area contributed by atoms with E-state index in [9.17, 15) is 14.7 Å². The van der Waals surface area contributed by atoms with Crippen LogP contribution < -0.4 is 16.6 Å². The lowest BCUT2D eigenvalue weighted by molar-refractivity contribution is 0.465. The Morgan fingerprint density at radius 1 is 0.886 bits per heavy atom. The van der Waals surface area contributed by atoms with Crippen LogP contribution in [-0.4, -0.2) is 18.8 Å². The topological polar surface area (TPSA) is 81.2 Å². The molecule has 0 saturated carbocycles. The first-order chi connectivity index (χ1) is 16.9. The Hall–Kier alpha value is -4.23. The van der Waals surface area contributed by atoms with Gasteiger partial charge in [-0.2, -0.15) is 0 Å². The van der Waals surface area contributed by atoms with Crippen molar-refractivity contribution in [3.8, 4) is 22.7 Å². The fourth-order valence-corrected chi connectivity index (χ4v) is 5.19. The molecule has 3 aromatic carbocycles. The van der Waals surface area contributed by atoms with Crippen molar-refractivity contribution in [2.75, 3.05) is 5.32 Å². The molecule has 0 saturated heterocycles. The number of anilines is 1. The molecule has 0 aliphatic carbocycles. The van der Waals surface area contributed by atoms with Crippen molar-refractivity contribution < 1.29 is 5.11 Å². The SMILES string of the molecule is Cn1c(=O)c2c(-c3ccc(Cl)cc3)n3c(c2n(C)c1=O)C(c1ccccc1O)Nc1ccccc1-3. The van der Waals surface area contributed by atoms with Crippen molar-refractivity contribution in [1.82, 2.24) is 13.7 Å². The Morgan fingerprint density at radius 2 is 1.57 bits per heavy atom. The van der Waals surface area contributed by atoms with Gasteiger partial charge in [0.25, 0.3) is 5.56 Å². The maximum absolute atomic E-state index is 13.6. The summed E-state index contributed by atoms with van der Waals surface area (Å²) in [7, 11) is 3.15. The molecule has 0 fully saturated rings. The molecule has 174 valence electrons. The van der Waals surface area contributed by atoms with Gasteiger partial charge in [-0.05, 0) is 35.9 Å². The van der Waals surface area contributed by atoms with Crippen LogP contribution >= 0.6 is 11.6 Å². The summed E-state index contributed by atoms with van der Waals surface area (Å²) in [6.45, 7) is 0. The summed E-state index contributed by atoms with van der Waals surface area (Å²) in [4.78, 5) is 26.7. The van der Waals surface area contributed by atoms with Crippen LogP contribution in [0.5, 0.6) is 5.75 Å². The van der Waals surface area contributed by atoms with Crippen LogP contribution in [0.4, 0.5) is 5.69 Å². The van der Waals surface area contributed by atoms with Gasteiger partial charge in [0, 0.05) is 24.7 Å². The van der Waals surface area contributed by atoms with Crippen molar-refractivity contribution >= 4 is 28.2 Å². The second-order valence-electron chi connectivity index (χ2n) is 8.66. The van der Waals surface area contributed by atoms with E-state index in [0.29, 0.717) is 32.9 Å². The van der Waals surface area contributed by atoms with Crippen molar-refractivity contribution in [3.05, 3.63) is 110 Å². The normalized spacial score (nSPS) is 14.4. The van der Waals surface area contributed by atoms with Crippen molar-refractivity contribution in [1.29, 1.82) is 0 Å². The van der Waals surface area contributed by atoms with Crippen LogP contribution in [0, 0.1) is 0 Å². The number of para-hydroxylation sites is 3. The van der Waals surface area contributed by atoms with Gasteiger partial charge in [-0.15, -0.1) is 0 Å². The molecule has 1 atom stereocenters. The minimum Gasteiger partial charge on any atom is -0.508 e. The van der Waals surface area contributed by atoms with Gasteiger partial charge < -0.3 is 15.0 Å². The third-order valence-electron chi connectivity index (χ3n) is 6.69. The molecule has 0 spiro atoms. The van der Waals surface area contributed by atoms with E-state index in [2.05, 4.69) is 5.32 Å². The number of benzene rings is 3. The van der Waals surface area contributed by atoms with Crippen LogP contribution in [0.1, 0.15) is 17.3 Å². The molecule has 3 heterocycles. The molecule has 0 bridgehead atoms. The zero-order valence-electron chi connectivity index (χ0n) is 19.0. The molecule has 35 heavy (non-hydrogen) atoms. The zero-order chi connectivity index (χ0) is 24.4. The first-order valence-electron chi connectivity index (χ1n) is 11.1. The maximum atomic E-state index is 13.6. The van der Waals surface area contributed by atoms with Gasteiger partial charge in [-0.3, -0.25) is 13.9 Å². The Labute approximate surface area is 205 Å². The van der Waals surface area contributed by atoms with E-state index < -0.39 is 11.7 Å². The minimum absolute atomic E-state index is 0.118. The molecule has 6 rings (SSSR count). The number of hydrogen-bond acceptors (Lipinski definition) is 4. The summed E-state index contributed by atoms with van der Waals surface area (Å²) >= 11 is 6.18. The largest absolute Gasteiger partial charge is 0.508 e. The minimum atomic E-state index is -0.521. The van der Waals surface area contributed by atoms with E-state index in [1.807, 2.05) is 53.1 Å². The highest BCUT2D eigenvalue weighted by Gasteiger charge is 2.35. The zero-order valence-corrected chi connectivity index (χ0v) is 19.7. The van der Waals surface area contributed by atoms with Crippen molar-refractivity contribution in [2.24, 2.45) is 14.1 Å². The lowest BCUT2D eigenvalue weighted by atomic mass is 9.98. The molecule has 1 aliphatic rings. The van der Waals surface area contributed by atoms with Gasteiger partial charge in [0.2, 0.25) is 0 Å². The highest BCUT2D eigenvalue weighted by Crippen LogP contribution is 2.46. The molecule has 1 aliphatic heterocycles. The van der Waals surface area contributed by atoms with Gasteiger partial charge in [0.05, 0.1) is 39.7 Å². The number of rotatable bonds is 2. The monoisotopic (exact) mass is 484 g/mol. The van der Waals surface area contributed by atoms with Crippen LogP contribution in [0.2, 0.25) is 5.02 Å². The van der Waals surface area contributed by atoms with Crippen LogP contribution in [0.3, 0.4) is 0 Å². The number of phenols is 1. The third kappa shape index (κ3) is 2.98. The standard InChI is InChI=1S/C27H21ClN4O3/c1-30-24-21(26(34)31(2)27(30)35)23(15-11-13-16(28)14-12-15)32-19-9-5-4-8-18(19)29-22(25(24)32)17-7-3-6-10-20(17)33/h3-14,22,29,33H,1-2H3. The smallest absolute Gasteiger partial charge is 0.331 e. The number of aromatic hydroxyl groups is 1. The molecule has 7 nitrogen and oxygen atoms in total. The van der Waals surface area contributed by atoms with E-state index in [4.69, 9.17) is 11.6 Å². The molecule has 2 aromatic heterocycles. The van der Waals surface area contributed by atoms with E-state index in [1.165, 1.54) is 11.6 Å². The Bertz CT molecular complexity index is 1760. The summed E-state index contributed by atoms with van der Waals surface area (Å²) in [5, 5.41) is 15.3. The third-order valence-corrected chi connectivity index (χ3v) is 6.94. The molecule has 2 N–H and O–H groups in total. The molecule has 0 amide bonds. The average molecular weight is 485 g/mol. The van der Waals surface area contributed by atoms with Gasteiger partial charge in [0.15, 0.2) is 0 Å². The van der Waals surface area contributed by atoms with Crippen LogP contribution in [-0.2, 0) is 14.1 Å². The molecule has 0 radical (unpaired) electrons. The number of nitrogens with zero attached hydrogens (tertiary/aromatic N) is 3. The second-order valence-corrected chi connectivity index (χ2v) is 9.10. The summed E-state index contributed by atoms with van der Waals surface area (Å²) in [5.74, 6) is 0.118. The Morgan fingerprint density at radius 3 is 2.31 bits per heavy atom. The number of halogens is 1. The molecule has 1 unspecified atom stereocenters. The number of aryl methyl sites for hydroxylation is 1. The summed E-state index contributed by atoms with van der Waals surface area (Å²) < 4.78 is 4.66. The van der Waals surface area contributed by atoms with Crippen molar-refractivity contribution in [2.45, 2.75) is 6.04 Å². The van der Waals surface area contributed by atoms with E-state index in [-0.39, 0.29) is 11.3 Å². The quantitative estimate of drug-likeness (QED) is 0.384. The second kappa shape index (κ2) is 7.65. The highest BCUT2D eigenvalue weighted by molar-refractivity contribution is 6.30. The average Bonchev–Trinajstić information content (AvgIpc) is 3.23. The lowest BCUT2D eigenvalue weighted by Gasteiger charge is -2.31. The highest BCUT2D eigenvalue weighted by atomic mass is 35.5. The maximum Gasteiger partial charge on any atom is 0.331 e. The van der Waals surface area contributed by atoms with Gasteiger partial charge in [-0.1, -0.05) is 54.1 Å². The number of nitrogens with one attached hydrogen (secondary N) is 1. The van der Waals surface area contributed by atoms with Crippen molar-refractivity contribution in [3.63, 3.8) is 0 Å². The first kappa shape index (κ1) is 21.3. The number of fused-ring (bicyclic) bond motifs is 5. The van der Waals surface area contributed by atoms with E-state index in [0.717, 1.165) is 21.5 Å². The number of hydrogen-bond donors (Lipinski definition) is 2. The predicted octanol–water partition coefficient (Wildman–Crippen LogP) is 4.57. The summed E-state index contributed by atoms with van der Waals surface area (Å²) in [6.07, 6.45) is 0. The van der Waals surface area contributed by atoms with E-state index >= 15 is 0 Å². The fraction of sp³-hybridized carbons (Fsp3) is 0.111. The molecular weight excluding hydrogens is 464 g/mol. The first-order valence-corrected chi connectivity index (χ1v) is 11.5. The van der Waals surface area contributed by atoms with Crippen LogP contribution in [0.25, 0.3) is 27.8 Å². The molecule has 8 heteroatoms. The number of phenolic OH excluding ortho intramolecular Hbond substituents is 1. The van der Waals surface area contributed by atoms with Gasteiger partial charge >= 0.3 is 5.69 Å². The molecule has 5 aromatic rings. The predicted molar refractivity (Wildman–Crippen MR) is 138 cm³/mol. The van der Waals surface area contributed by atoms with Gasteiger partial charge in [0.1, 0.15) is 5.75 Å². The number of aromatic nitrogens is 3. The Kier molecular flexibility index (Phi) is 4.66. The molecular formula is C27H21ClN4O3. The van der Waals surface area contributed by atoms with Crippen LogP contribution in [0.15, 0.2) is 82.4 Å².